The van der Waals surface area contributed by atoms with Crippen LogP contribution in [0.2, 0.25) is 0 Å². The fraction of sp³-hybridized carbons (Fsp3) is 0.368. The van der Waals surface area contributed by atoms with Crippen molar-refractivity contribution in [2.45, 2.75) is 0 Å². The van der Waals surface area contributed by atoms with Gasteiger partial charge in [0.2, 0.25) is 0 Å². The Morgan fingerprint density at radius 2 is 1.72 bits per heavy atom. The fourth-order valence-corrected chi connectivity index (χ4v) is 3.27. The summed E-state index contributed by atoms with van der Waals surface area (Å²) in [5, 5.41) is 6.64. The van der Waals surface area contributed by atoms with E-state index < -0.39 is 0 Å². The van der Waals surface area contributed by atoms with E-state index in [-0.39, 0.29) is 5.91 Å². The lowest BCUT2D eigenvalue weighted by atomic mass is 10.0. The van der Waals surface area contributed by atoms with Gasteiger partial charge in [-0.1, -0.05) is 12.1 Å². The molecule has 2 N–H and O–H groups in total. The van der Waals surface area contributed by atoms with Crippen molar-refractivity contribution >= 4 is 17.4 Å². The smallest absolute Gasteiger partial charge is 0.253 e. The molecule has 2 aliphatic heterocycles. The summed E-state index contributed by atoms with van der Waals surface area (Å²) in [4.78, 5) is 21.3. The highest BCUT2D eigenvalue weighted by molar-refractivity contribution is 5.94. The van der Waals surface area contributed by atoms with E-state index in [1.807, 2.05) is 35.4 Å². The van der Waals surface area contributed by atoms with Crippen molar-refractivity contribution in [3.8, 4) is 11.1 Å². The number of nitrogens with zero attached hydrogens (tertiary/aromatic N) is 3. The molecule has 0 bridgehead atoms. The van der Waals surface area contributed by atoms with Crippen molar-refractivity contribution in [1.29, 1.82) is 0 Å². The predicted molar refractivity (Wildman–Crippen MR) is 100 cm³/mol. The summed E-state index contributed by atoms with van der Waals surface area (Å²) in [6.07, 6.45) is 1.87. The van der Waals surface area contributed by atoms with Crippen LogP contribution in [0.3, 0.4) is 0 Å². The first-order valence-corrected chi connectivity index (χ1v) is 8.77. The van der Waals surface area contributed by atoms with Crippen LogP contribution in [0.1, 0.15) is 10.4 Å². The van der Waals surface area contributed by atoms with Crippen LogP contribution in [0, 0.1) is 0 Å². The zero-order valence-electron chi connectivity index (χ0n) is 14.5. The first-order valence-electron chi connectivity index (χ1n) is 8.77. The molecule has 4 rings (SSSR count). The maximum Gasteiger partial charge on any atom is 0.253 e. The van der Waals surface area contributed by atoms with E-state index in [1.165, 1.54) is 0 Å². The Morgan fingerprint density at radius 3 is 2.48 bits per heavy atom. The van der Waals surface area contributed by atoms with Gasteiger partial charge in [-0.15, -0.1) is 0 Å². The number of carbonyl (C=O) groups is 1. The van der Waals surface area contributed by atoms with Gasteiger partial charge in [-0.05, 0) is 30.8 Å². The van der Waals surface area contributed by atoms with Crippen molar-refractivity contribution in [3.05, 3.63) is 42.1 Å². The molecule has 25 heavy (non-hydrogen) atoms. The van der Waals surface area contributed by atoms with E-state index in [9.17, 15) is 4.79 Å². The van der Waals surface area contributed by atoms with Crippen LogP contribution in [-0.2, 0) is 0 Å². The van der Waals surface area contributed by atoms with Crippen LogP contribution >= 0.6 is 0 Å². The van der Waals surface area contributed by atoms with Crippen LogP contribution in [0.15, 0.2) is 36.5 Å². The van der Waals surface area contributed by atoms with Crippen LogP contribution in [0.5, 0.6) is 0 Å². The molecule has 0 unspecified atom stereocenters. The molecule has 0 aliphatic carbocycles. The summed E-state index contributed by atoms with van der Waals surface area (Å²) < 4.78 is 0. The highest BCUT2D eigenvalue weighted by atomic mass is 16.2. The molecule has 1 amide bonds. The number of hydrogen-bond donors (Lipinski definition) is 2. The highest BCUT2D eigenvalue weighted by Gasteiger charge is 2.20. The zero-order chi connectivity index (χ0) is 17.2. The molecule has 1 saturated heterocycles. The molecule has 1 aromatic carbocycles. The van der Waals surface area contributed by atoms with Crippen molar-refractivity contribution in [3.63, 3.8) is 0 Å². The third-order valence-electron chi connectivity index (χ3n) is 4.88. The number of aromatic nitrogens is 1. The average Bonchev–Trinajstić information content (AvgIpc) is 2.68. The molecule has 130 valence electrons. The van der Waals surface area contributed by atoms with Crippen LogP contribution in [0.25, 0.3) is 11.1 Å². The minimum absolute atomic E-state index is 0.120. The monoisotopic (exact) mass is 337 g/mol. The standard InChI is InChI=1S/C19H23N5O/c1-23-8-10-24(11-9-23)19(25)15-4-2-14(3-5-15)16-12-17-18(22-13-16)21-7-6-20-17/h2-5,12-13,20H,6-11H2,1H3,(H,21,22). The number of amides is 1. The second kappa shape index (κ2) is 6.72. The Hall–Kier alpha value is -2.60. The van der Waals surface area contributed by atoms with Gasteiger partial charge in [0.25, 0.3) is 5.91 Å². The number of anilines is 2. The molecule has 1 fully saturated rings. The lowest BCUT2D eigenvalue weighted by Crippen LogP contribution is -2.47. The van der Waals surface area contributed by atoms with Crippen LogP contribution in [0.4, 0.5) is 11.5 Å². The van der Waals surface area contributed by atoms with Gasteiger partial charge in [-0.2, -0.15) is 0 Å². The van der Waals surface area contributed by atoms with E-state index in [0.717, 1.165) is 67.5 Å². The van der Waals surface area contributed by atoms with Crippen molar-refractivity contribution in [2.24, 2.45) is 0 Å². The maximum absolute atomic E-state index is 12.6. The Kier molecular flexibility index (Phi) is 4.28. The summed E-state index contributed by atoms with van der Waals surface area (Å²) in [5.41, 5.74) is 3.89. The second-order valence-electron chi connectivity index (χ2n) is 6.65. The van der Waals surface area contributed by atoms with Gasteiger partial charge >= 0.3 is 0 Å². The number of pyridine rings is 1. The number of benzene rings is 1. The largest absolute Gasteiger partial charge is 0.380 e. The normalized spacial score (nSPS) is 17.4. The first kappa shape index (κ1) is 15.9. The molecule has 1 aromatic heterocycles. The minimum Gasteiger partial charge on any atom is -0.380 e. The maximum atomic E-state index is 12.6. The van der Waals surface area contributed by atoms with Crippen molar-refractivity contribution < 1.29 is 4.79 Å². The van der Waals surface area contributed by atoms with Gasteiger partial charge in [-0.3, -0.25) is 4.79 Å². The summed E-state index contributed by atoms with van der Waals surface area (Å²) in [6, 6.07) is 9.94. The highest BCUT2D eigenvalue weighted by Crippen LogP contribution is 2.28. The Bertz CT molecular complexity index is 766. The van der Waals surface area contributed by atoms with E-state index in [4.69, 9.17) is 0 Å². The summed E-state index contributed by atoms with van der Waals surface area (Å²) in [5.74, 6) is 1.02. The molecular weight excluding hydrogens is 314 g/mol. The van der Waals surface area contributed by atoms with E-state index in [2.05, 4.69) is 33.6 Å². The summed E-state index contributed by atoms with van der Waals surface area (Å²) in [6.45, 7) is 5.26. The predicted octanol–water partition coefficient (Wildman–Crippen LogP) is 1.97. The minimum atomic E-state index is 0.120. The molecule has 2 aliphatic rings. The zero-order valence-corrected chi connectivity index (χ0v) is 14.5. The molecule has 0 saturated carbocycles. The second-order valence-corrected chi connectivity index (χ2v) is 6.65. The molecular formula is C19H23N5O. The van der Waals surface area contributed by atoms with Gasteiger partial charge in [0.1, 0.15) is 5.82 Å². The van der Waals surface area contributed by atoms with Crippen LogP contribution < -0.4 is 10.6 Å². The van der Waals surface area contributed by atoms with E-state index in [1.54, 1.807) is 0 Å². The Labute approximate surface area is 147 Å². The van der Waals surface area contributed by atoms with Crippen LogP contribution in [-0.4, -0.2) is 67.0 Å². The molecule has 0 spiro atoms. The lowest BCUT2D eigenvalue weighted by molar-refractivity contribution is 0.0664. The summed E-state index contributed by atoms with van der Waals surface area (Å²) in [7, 11) is 2.09. The van der Waals surface area contributed by atoms with Gasteiger partial charge in [0.05, 0.1) is 5.69 Å². The lowest BCUT2D eigenvalue weighted by Gasteiger charge is -2.32. The topological polar surface area (TPSA) is 60.5 Å². The fourth-order valence-electron chi connectivity index (χ4n) is 3.27. The SMILES string of the molecule is CN1CCN(C(=O)c2ccc(-c3cnc4c(c3)NCCN4)cc2)CC1. The van der Waals surface area contributed by atoms with Gasteiger partial charge in [0.15, 0.2) is 0 Å². The average molecular weight is 337 g/mol. The first-order chi connectivity index (χ1) is 12.2. The quantitative estimate of drug-likeness (QED) is 0.877. The van der Waals surface area contributed by atoms with E-state index in [0.29, 0.717) is 0 Å². The van der Waals surface area contributed by atoms with Gasteiger partial charge in [0, 0.05) is 56.6 Å². The molecule has 6 nitrogen and oxygen atoms in total. The van der Waals surface area contributed by atoms with Crippen molar-refractivity contribution in [2.75, 3.05) is 56.9 Å². The van der Waals surface area contributed by atoms with Crippen molar-refractivity contribution in [1.82, 2.24) is 14.8 Å². The number of rotatable bonds is 2. The number of likely N-dealkylation sites (N-methyl/N-ethyl adjacent to an activating group) is 1. The molecule has 3 heterocycles. The Morgan fingerprint density at radius 1 is 1.00 bits per heavy atom. The summed E-state index contributed by atoms with van der Waals surface area (Å²) >= 11 is 0. The third kappa shape index (κ3) is 3.30. The molecule has 6 heteroatoms. The molecule has 2 aromatic rings. The third-order valence-corrected chi connectivity index (χ3v) is 4.88. The number of nitrogens with one attached hydrogen (secondary N) is 2. The molecule has 0 atom stereocenters. The van der Waals surface area contributed by atoms with Gasteiger partial charge < -0.3 is 20.4 Å². The number of piperazine rings is 1. The number of carbonyl (C=O) groups excluding carboxylic acids is 1. The number of fused-ring (bicyclic) bond motifs is 1. The Balaban J connectivity index is 1.51. The van der Waals surface area contributed by atoms with Gasteiger partial charge in [-0.25, -0.2) is 4.98 Å². The molecule has 0 radical (unpaired) electrons. The van der Waals surface area contributed by atoms with E-state index >= 15 is 0 Å². The number of hydrogen-bond acceptors (Lipinski definition) is 5.